The van der Waals surface area contributed by atoms with E-state index in [1.165, 1.54) is 0 Å². The molecule has 2 N–H and O–H groups in total. The van der Waals surface area contributed by atoms with Crippen LogP contribution in [-0.4, -0.2) is 55.0 Å². The minimum atomic E-state index is -0.316. The molecule has 1 rings (SSSR count). The zero-order valence-corrected chi connectivity index (χ0v) is 12.0. The van der Waals surface area contributed by atoms with Gasteiger partial charge in [0.2, 0.25) is 5.91 Å². The summed E-state index contributed by atoms with van der Waals surface area (Å²) in [4.78, 5) is 16.3. The Hall–Kier alpha value is -0.320. The van der Waals surface area contributed by atoms with Gasteiger partial charge in [-0.25, -0.2) is 0 Å². The smallest absolute Gasteiger partial charge is 0.239 e. The summed E-state index contributed by atoms with van der Waals surface area (Å²) in [5.41, 5.74) is 5.93. The summed E-state index contributed by atoms with van der Waals surface area (Å²) in [6, 6.07) is -0.316. The second-order valence-corrected chi connectivity index (χ2v) is 5.22. The molecule has 0 aromatic rings. The maximum absolute atomic E-state index is 12.1. The van der Waals surface area contributed by atoms with Gasteiger partial charge in [-0.2, -0.15) is 0 Å². The van der Waals surface area contributed by atoms with E-state index in [2.05, 4.69) is 25.8 Å². The van der Waals surface area contributed by atoms with Crippen LogP contribution in [0.15, 0.2) is 0 Å². The highest BCUT2D eigenvalue weighted by atomic mass is 35.5. The van der Waals surface area contributed by atoms with Crippen molar-refractivity contribution in [1.82, 2.24) is 9.80 Å². The van der Waals surface area contributed by atoms with Crippen LogP contribution in [0.25, 0.3) is 0 Å². The zero-order valence-electron chi connectivity index (χ0n) is 11.2. The van der Waals surface area contributed by atoms with Crippen molar-refractivity contribution >= 4 is 18.3 Å². The fourth-order valence-electron chi connectivity index (χ4n) is 2.11. The molecule has 1 atom stereocenters. The molecule has 0 aromatic heterocycles. The monoisotopic (exact) mass is 263 g/mol. The zero-order chi connectivity index (χ0) is 12.1. The summed E-state index contributed by atoms with van der Waals surface area (Å²) >= 11 is 0. The number of nitrogens with two attached hydrogens (primary N) is 1. The summed E-state index contributed by atoms with van der Waals surface area (Å²) in [7, 11) is 2.10. The molecule has 1 heterocycles. The molecule has 0 aliphatic carbocycles. The summed E-state index contributed by atoms with van der Waals surface area (Å²) in [5.74, 6) is 0.609. The molecule has 1 amide bonds. The first-order valence-electron chi connectivity index (χ1n) is 6.23. The molecule has 0 bridgehead atoms. The van der Waals surface area contributed by atoms with Crippen LogP contribution in [0.1, 0.15) is 26.7 Å². The highest BCUT2D eigenvalue weighted by Gasteiger charge is 2.23. The third kappa shape index (κ3) is 5.70. The van der Waals surface area contributed by atoms with Crippen molar-refractivity contribution in [3.05, 3.63) is 0 Å². The Bertz CT molecular complexity index is 236. The third-order valence-corrected chi connectivity index (χ3v) is 3.07. The van der Waals surface area contributed by atoms with Crippen LogP contribution in [0.2, 0.25) is 0 Å². The lowest BCUT2D eigenvalue weighted by atomic mass is 10.0. The van der Waals surface area contributed by atoms with Gasteiger partial charge in [0, 0.05) is 19.6 Å². The highest BCUT2D eigenvalue weighted by Crippen LogP contribution is 2.08. The molecule has 1 aliphatic heterocycles. The molecule has 0 unspecified atom stereocenters. The van der Waals surface area contributed by atoms with E-state index in [1.807, 2.05) is 4.90 Å². The molecule has 1 aliphatic rings. The minimum Gasteiger partial charge on any atom is -0.340 e. The molecule has 4 nitrogen and oxygen atoms in total. The van der Waals surface area contributed by atoms with Crippen LogP contribution in [-0.2, 0) is 4.79 Å². The fourth-order valence-corrected chi connectivity index (χ4v) is 2.11. The highest BCUT2D eigenvalue weighted by molar-refractivity contribution is 5.85. The number of carbonyl (C=O) groups excluding carboxylic acids is 1. The van der Waals surface area contributed by atoms with Gasteiger partial charge < -0.3 is 15.5 Å². The molecule has 1 fully saturated rings. The van der Waals surface area contributed by atoms with Gasteiger partial charge in [-0.05, 0) is 32.4 Å². The van der Waals surface area contributed by atoms with Gasteiger partial charge in [-0.15, -0.1) is 12.4 Å². The lowest BCUT2D eigenvalue weighted by molar-refractivity contribution is -0.132. The normalized spacial score (nSPS) is 19.7. The van der Waals surface area contributed by atoms with Crippen LogP contribution < -0.4 is 5.73 Å². The topological polar surface area (TPSA) is 49.6 Å². The van der Waals surface area contributed by atoms with Crippen molar-refractivity contribution in [1.29, 1.82) is 0 Å². The van der Waals surface area contributed by atoms with Gasteiger partial charge in [0.05, 0.1) is 6.04 Å². The van der Waals surface area contributed by atoms with E-state index in [1.54, 1.807) is 0 Å². The molecule has 0 spiro atoms. The quantitative estimate of drug-likeness (QED) is 0.825. The standard InChI is InChI=1S/C12H25N3O.ClH/c1-10(2)9-11(13)12(16)15-6-4-5-14(3)7-8-15;/h10-11H,4-9,13H2,1-3H3;1H/t11-;/m0./s1. The first-order chi connectivity index (χ1) is 7.50. The van der Waals surface area contributed by atoms with E-state index in [-0.39, 0.29) is 24.4 Å². The Morgan fingerprint density at radius 1 is 1.24 bits per heavy atom. The van der Waals surface area contributed by atoms with E-state index in [9.17, 15) is 4.79 Å². The lowest BCUT2D eigenvalue weighted by Crippen LogP contribution is -2.45. The maximum atomic E-state index is 12.1. The van der Waals surface area contributed by atoms with Crippen LogP contribution in [0.4, 0.5) is 0 Å². The van der Waals surface area contributed by atoms with Crippen LogP contribution in [0, 0.1) is 5.92 Å². The second kappa shape index (κ2) is 7.90. The van der Waals surface area contributed by atoms with Crippen molar-refractivity contribution in [2.75, 3.05) is 33.2 Å². The first kappa shape index (κ1) is 16.7. The van der Waals surface area contributed by atoms with Crippen molar-refractivity contribution in [2.45, 2.75) is 32.7 Å². The van der Waals surface area contributed by atoms with Crippen LogP contribution >= 0.6 is 12.4 Å². The number of halogens is 1. The van der Waals surface area contributed by atoms with E-state index >= 15 is 0 Å². The van der Waals surface area contributed by atoms with Crippen molar-refractivity contribution < 1.29 is 4.79 Å². The van der Waals surface area contributed by atoms with Gasteiger partial charge >= 0.3 is 0 Å². The number of likely N-dealkylation sites (N-methyl/N-ethyl adjacent to an activating group) is 1. The van der Waals surface area contributed by atoms with Gasteiger partial charge in [-0.1, -0.05) is 13.8 Å². The van der Waals surface area contributed by atoms with Crippen LogP contribution in [0.5, 0.6) is 0 Å². The molecular weight excluding hydrogens is 238 g/mol. The predicted molar refractivity (Wildman–Crippen MR) is 73.4 cm³/mol. The number of hydrogen-bond donors (Lipinski definition) is 1. The van der Waals surface area contributed by atoms with E-state index in [0.717, 1.165) is 39.0 Å². The van der Waals surface area contributed by atoms with Gasteiger partial charge in [0.15, 0.2) is 0 Å². The van der Waals surface area contributed by atoms with Crippen molar-refractivity contribution in [3.63, 3.8) is 0 Å². The lowest BCUT2D eigenvalue weighted by Gasteiger charge is -2.24. The second-order valence-electron chi connectivity index (χ2n) is 5.22. The Labute approximate surface area is 111 Å². The Kier molecular flexibility index (Phi) is 7.75. The average molecular weight is 264 g/mol. The molecule has 0 radical (unpaired) electrons. The molecule has 1 saturated heterocycles. The number of hydrogen-bond acceptors (Lipinski definition) is 3. The first-order valence-corrected chi connectivity index (χ1v) is 6.23. The Morgan fingerprint density at radius 2 is 1.88 bits per heavy atom. The Balaban J connectivity index is 0.00000256. The molecule has 5 heteroatoms. The van der Waals surface area contributed by atoms with Gasteiger partial charge in [0.1, 0.15) is 0 Å². The molecule has 0 saturated carbocycles. The van der Waals surface area contributed by atoms with Crippen LogP contribution in [0.3, 0.4) is 0 Å². The fraction of sp³-hybridized carbons (Fsp3) is 0.917. The van der Waals surface area contributed by atoms with Gasteiger partial charge in [-0.3, -0.25) is 4.79 Å². The van der Waals surface area contributed by atoms with E-state index in [4.69, 9.17) is 5.73 Å². The number of amides is 1. The van der Waals surface area contributed by atoms with E-state index in [0.29, 0.717) is 5.92 Å². The minimum absolute atomic E-state index is 0. The SMILES string of the molecule is CC(C)C[C@H](N)C(=O)N1CCCN(C)CC1.Cl. The molecular formula is C12H26ClN3O. The molecule has 0 aromatic carbocycles. The van der Waals surface area contributed by atoms with Crippen molar-refractivity contribution in [2.24, 2.45) is 11.7 Å². The van der Waals surface area contributed by atoms with E-state index < -0.39 is 0 Å². The molecule has 17 heavy (non-hydrogen) atoms. The van der Waals surface area contributed by atoms with Gasteiger partial charge in [0.25, 0.3) is 0 Å². The largest absolute Gasteiger partial charge is 0.340 e. The average Bonchev–Trinajstić information content (AvgIpc) is 2.41. The Morgan fingerprint density at radius 3 is 2.47 bits per heavy atom. The number of nitrogens with zero attached hydrogens (tertiary/aromatic N) is 2. The summed E-state index contributed by atoms with van der Waals surface area (Å²) in [5, 5.41) is 0. The summed E-state index contributed by atoms with van der Waals surface area (Å²) < 4.78 is 0. The third-order valence-electron chi connectivity index (χ3n) is 3.07. The predicted octanol–water partition coefficient (Wildman–Crippen LogP) is 0.946. The number of carbonyl (C=O) groups is 1. The molecule has 102 valence electrons. The maximum Gasteiger partial charge on any atom is 0.239 e. The van der Waals surface area contributed by atoms with Crippen molar-refractivity contribution in [3.8, 4) is 0 Å². The summed E-state index contributed by atoms with van der Waals surface area (Å²) in [6.45, 7) is 7.91. The number of rotatable bonds is 3. The summed E-state index contributed by atoms with van der Waals surface area (Å²) in [6.07, 6.45) is 1.84.